The van der Waals surface area contributed by atoms with Crippen LogP contribution in [0.25, 0.3) is 22.2 Å². The number of carbonyl (C=O) groups excluding carboxylic acids is 1. The second-order valence-electron chi connectivity index (χ2n) is 7.33. The Balaban J connectivity index is 1.66. The second kappa shape index (κ2) is 8.84. The van der Waals surface area contributed by atoms with Crippen molar-refractivity contribution in [2.24, 2.45) is 7.05 Å². The summed E-state index contributed by atoms with van der Waals surface area (Å²) in [5.74, 6) is -0.540. The fourth-order valence-corrected chi connectivity index (χ4v) is 4.88. The van der Waals surface area contributed by atoms with E-state index in [1.165, 1.54) is 25.4 Å². The highest BCUT2D eigenvalue weighted by atomic mass is 35.5. The van der Waals surface area contributed by atoms with E-state index in [0.29, 0.717) is 28.9 Å². The van der Waals surface area contributed by atoms with Gasteiger partial charge in [0.2, 0.25) is 0 Å². The number of fused-ring (bicyclic) bond motifs is 1. The van der Waals surface area contributed by atoms with Gasteiger partial charge in [-0.15, -0.1) is 0 Å². The van der Waals surface area contributed by atoms with E-state index in [9.17, 15) is 13.2 Å². The molecule has 0 atom stereocenters. The molecule has 0 saturated carbocycles. The molecule has 8 nitrogen and oxygen atoms in total. The van der Waals surface area contributed by atoms with Crippen molar-refractivity contribution < 1.29 is 17.9 Å². The zero-order valence-electron chi connectivity index (χ0n) is 18.2. The Hall–Kier alpha value is -3.43. The van der Waals surface area contributed by atoms with Gasteiger partial charge in [0.05, 0.1) is 40.8 Å². The van der Waals surface area contributed by atoms with E-state index in [1.807, 2.05) is 19.1 Å². The average molecular weight is 485 g/mol. The summed E-state index contributed by atoms with van der Waals surface area (Å²) in [6.07, 6.45) is 3.63. The highest BCUT2D eigenvalue weighted by molar-refractivity contribution is 7.92. The molecular formula is C23H21ClN4O4S. The number of anilines is 1. The van der Waals surface area contributed by atoms with Gasteiger partial charge in [-0.2, -0.15) is 5.10 Å². The molecule has 2 aromatic carbocycles. The van der Waals surface area contributed by atoms with Crippen LogP contribution in [-0.4, -0.2) is 36.3 Å². The third kappa shape index (κ3) is 4.29. The summed E-state index contributed by atoms with van der Waals surface area (Å²) >= 11 is 6.19. The van der Waals surface area contributed by atoms with Crippen LogP contribution in [0.3, 0.4) is 0 Å². The molecule has 0 saturated heterocycles. The van der Waals surface area contributed by atoms with Gasteiger partial charge in [0, 0.05) is 24.2 Å². The standard InChI is InChI=1S/C23H21ClN4O4S/c1-4-14-5-6-16-12-26-28(2)22(16)21(14)27-33(30,31)17-8-10-20(25-13-17)15-7-9-18(19(24)11-15)23(29)32-3/h5-13,27H,4H2,1-3H3. The maximum atomic E-state index is 13.1. The lowest BCUT2D eigenvalue weighted by molar-refractivity contribution is 0.0601. The van der Waals surface area contributed by atoms with E-state index in [4.69, 9.17) is 16.3 Å². The van der Waals surface area contributed by atoms with Gasteiger partial charge in [-0.05, 0) is 36.2 Å². The number of methoxy groups -OCH3 is 1. The van der Waals surface area contributed by atoms with Crippen LogP contribution in [0.4, 0.5) is 5.69 Å². The molecule has 0 fully saturated rings. The molecule has 10 heteroatoms. The lowest BCUT2D eigenvalue weighted by Gasteiger charge is -2.14. The van der Waals surface area contributed by atoms with Crippen LogP contribution in [0.1, 0.15) is 22.8 Å². The normalized spacial score (nSPS) is 11.5. The smallest absolute Gasteiger partial charge is 0.339 e. The van der Waals surface area contributed by atoms with Gasteiger partial charge in [-0.3, -0.25) is 14.4 Å². The summed E-state index contributed by atoms with van der Waals surface area (Å²) < 4.78 is 35.4. The molecule has 1 N–H and O–H groups in total. The van der Waals surface area contributed by atoms with E-state index in [2.05, 4.69) is 14.8 Å². The van der Waals surface area contributed by atoms with Crippen molar-refractivity contribution in [2.75, 3.05) is 11.8 Å². The first-order valence-electron chi connectivity index (χ1n) is 10.1. The van der Waals surface area contributed by atoms with Gasteiger partial charge in [0.1, 0.15) is 4.90 Å². The Kier molecular flexibility index (Phi) is 6.09. The Bertz CT molecular complexity index is 1460. The van der Waals surface area contributed by atoms with Crippen LogP contribution in [0, 0.1) is 0 Å². The lowest BCUT2D eigenvalue weighted by atomic mass is 10.1. The van der Waals surface area contributed by atoms with E-state index >= 15 is 0 Å². The molecule has 170 valence electrons. The minimum Gasteiger partial charge on any atom is -0.465 e. The van der Waals surface area contributed by atoms with Gasteiger partial charge >= 0.3 is 5.97 Å². The number of carbonyl (C=O) groups is 1. The number of sulfonamides is 1. The zero-order valence-corrected chi connectivity index (χ0v) is 19.7. The molecule has 33 heavy (non-hydrogen) atoms. The van der Waals surface area contributed by atoms with Crippen LogP contribution in [0.2, 0.25) is 5.02 Å². The first-order chi connectivity index (χ1) is 15.7. The first-order valence-corrected chi connectivity index (χ1v) is 11.9. The monoisotopic (exact) mass is 484 g/mol. The lowest BCUT2D eigenvalue weighted by Crippen LogP contribution is -2.15. The molecule has 4 rings (SSSR count). The predicted molar refractivity (Wildman–Crippen MR) is 127 cm³/mol. The number of aryl methyl sites for hydroxylation is 2. The van der Waals surface area contributed by atoms with Crippen molar-refractivity contribution in [3.05, 3.63) is 71.0 Å². The molecule has 0 radical (unpaired) electrons. The third-order valence-corrected chi connectivity index (χ3v) is 6.97. The van der Waals surface area contributed by atoms with Crippen molar-refractivity contribution in [3.63, 3.8) is 0 Å². The fraction of sp³-hybridized carbons (Fsp3) is 0.174. The van der Waals surface area contributed by atoms with Crippen LogP contribution in [0.15, 0.2) is 59.8 Å². The topological polar surface area (TPSA) is 103 Å². The fourth-order valence-electron chi connectivity index (χ4n) is 3.57. The van der Waals surface area contributed by atoms with E-state index in [0.717, 1.165) is 10.9 Å². The predicted octanol–water partition coefficient (Wildman–Crippen LogP) is 4.44. The summed E-state index contributed by atoms with van der Waals surface area (Å²) in [5, 5.41) is 5.30. The molecule has 0 amide bonds. The number of nitrogens with zero attached hydrogens (tertiary/aromatic N) is 3. The molecule has 0 bridgehead atoms. The molecule has 0 aliphatic carbocycles. The van der Waals surface area contributed by atoms with Crippen molar-refractivity contribution in [3.8, 4) is 11.3 Å². The quantitative estimate of drug-likeness (QED) is 0.406. The molecule has 0 aliphatic rings. The zero-order chi connectivity index (χ0) is 23.8. The number of benzene rings is 2. The number of pyridine rings is 1. The van der Waals surface area contributed by atoms with Crippen molar-refractivity contribution in [1.82, 2.24) is 14.8 Å². The number of hydrogen-bond acceptors (Lipinski definition) is 6. The molecule has 0 aliphatic heterocycles. The molecule has 2 aromatic heterocycles. The van der Waals surface area contributed by atoms with E-state index in [-0.39, 0.29) is 15.5 Å². The Labute approximate surface area is 196 Å². The Morgan fingerprint density at radius 1 is 1.15 bits per heavy atom. The summed E-state index contributed by atoms with van der Waals surface area (Å²) in [4.78, 5) is 16.0. The number of hydrogen-bond donors (Lipinski definition) is 1. The molecule has 2 heterocycles. The Morgan fingerprint density at radius 2 is 1.94 bits per heavy atom. The number of esters is 1. The first kappa shape index (κ1) is 22.8. The molecule has 0 spiro atoms. The van der Waals surface area contributed by atoms with Gasteiger partial charge in [-0.25, -0.2) is 13.2 Å². The summed E-state index contributed by atoms with van der Waals surface area (Å²) in [7, 11) is -0.854. The number of ether oxygens (including phenoxy) is 1. The highest BCUT2D eigenvalue weighted by Gasteiger charge is 2.20. The van der Waals surface area contributed by atoms with Gasteiger partial charge in [0.25, 0.3) is 10.0 Å². The van der Waals surface area contributed by atoms with Crippen LogP contribution >= 0.6 is 11.6 Å². The maximum Gasteiger partial charge on any atom is 0.339 e. The number of aromatic nitrogens is 3. The summed E-state index contributed by atoms with van der Waals surface area (Å²) in [6.45, 7) is 1.96. The molecule has 4 aromatic rings. The summed E-state index contributed by atoms with van der Waals surface area (Å²) in [6, 6.07) is 11.7. The SMILES string of the molecule is CCc1ccc2cnn(C)c2c1NS(=O)(=O)c1ccc(-c2ccc(C(=O)OC)c(Cl)c2)nc1. The maximum absolute atomic E-state index is 13.1. The van der Waals surface area contributed by atoms with Gasteiger partial charge < -0.3 is 4.74 Å². The number of halogens is 1. The summed E-state index contributed by atoms with van der Waals surface area (Å²) in [5.41, 5.74) is 3.46. The van der Waals surface area contributed by atoms with Gasteiger partial charge in [0.15, 0.2) is 0 Å². The van der Waals surface area contributed by atoms with Crippen LogP contribution in [0.5, 0.6) is 0 Å². The minimum absolute atomic E-state index is 0.0183. The highest BCUT2D eigenvalue weighted by Crippen LogP contribution is 2.30. The second-order valence-corrected chi connectivity index (χ2v) is 9.42. The van der Waals surface area contributed by atoms with Gasteiger partial charge in [-0.1, -0.05) is 36.7 Å². The number of rotatable bonds is 6. The Morgan fingerprint density at radius 3 is 2.58 bits per heavy atom. The minimum atomic E-state index is -3.90. The van der Waals surface area contributed by atoms with E-state index in [1.54, 1.807) is 36.1 Å². The number of nitrogens with one attached hydrogen (secondary N) is 1. The van der Waals surface area contributed by atoms with Crippen molar-refractivity contribution in [2.45, 2.75) is 18.2 Å². The third-order valence-electron chi connectivity index (χ3n) is 5.32. The molecular weight excluding hydrogens is 464 g/mol. The van der Waals surface area contributed by atoms with Crippen LogP contribution < -0.4 is 4.72 Å². The largest absolute Gasteiger partial charge is 0.465 e. The van der Waals surface area contributed by atoms with Crippen LogP contribution in [-0.2, 0) is 28.2 Å². The van der Waals surface area contributed by atoms with Crippen molar-refractivity contribution in [1.29, 1.82) is 0 Å². The van der Waals surface area contributed by atoms with E-state index < -0.39 is 16.0 Å². The molecule has 0 unspecified atom stereocenters. The van der Waals surface area contributed by atoms with Crippen molar-refractivity contribution >= 4 is 44.2 Å². The average Bonchev–Trinajstić information content (AvgIpc) is 3.19.